The highest BCUT2D eigenvalue weighted by molar-refractivity contribution is 5.31. The molecule has 0 saturated heterocycles. The maximum absolute atomic E-state index is 5.12. The fourth-order valence-electron chi connectivity index (χ4n) is 2.16. The predicted molar refractivity (Wildman–Crippen MR) is 79.8 cm³/mol. The Bertz CT molecular complexity index is 551. The van der Waals surface area contributed by atoms with Gasteiger partial charge in [0.2, 0.25) is 5.95 Å². The number of nitrogens with one attached hydrogen (secondary N) is 1. The van der Waals surface area contributed by atoms with Crippen molar-refractivity contribution in [2.75, 3.05) is 19.0 Å². The molecule has 0 bridgehead atoms. The van der Waals surface area contributed by atoms with Gasteiger partial charge in [-0.25, -0.2) is 4.98 Å². The topological polar surface area (TPSA) is 52.0 Å². The molecule has 0 unspecified atom stereocenters. The third kappa shape index (κ3) is 3.57. The van der Waals surface area contributed by atoms with E-state index in [9.17, 15) is 0 Å². The molecular weight excluding hydrogens is 252 g/mol. The standard InChI is InChI=1S/C15H22N4O/c1-4-13-6-5-7-16-14(13)10-17-15-18-12(2)11-19(15)8-9-20-3/h5-7,11H,4,8-10H2,1-3H3,(H,17,18). The fraction of sp³-hybridized carbons (Fsp3) is 0.467. The van der Waals surface area contributed by atoms with Crippen molar-refractivity contribution in [3.63, 3.8) is 0 Å². The molecule has 5 nitrogen and oxygen atoms in total. The number of nitrogens with zero attached hydrogens (tertiary/aromatic N) is 3. The van der Waals surface area contributed by atoms with Crippen LogP contribution in [0.15, 0.2) is 24.5 Å². The Morgan fingerprint density at radius 3 is 3.00 bits per heavy atom. The van der Waals surface area contributed by atoms with Gasteiger partial charge in [0, 0.05) is 26.0 Å². The number of hydrogen-bond acceptors (Lipinski definition) is 4. The Balaban J connectivity index is 2.06. The first-order chi connectivity index (χ1) is 9.74. The second kappa shape index (κ2) is 7.05. The molecule has 0 aliphatic rings. The number of anilines is 1. The summed E-state index contributed by atoms with van der Waals surface area (Å²) in [5.41, 5.74) is 3.35. The van der Waals surface area contributed by atoms with Crippen LogP contribution in [0, 0.1) is 6.92 Å². The second-order valence-electron chi connectivity index (χ2n) is 4.71. The van der Waals surface area contributed by atoms with Crippen molar-refractivity contribution >= 4 is 5.95 Å². The van der Waals surface area contributed by atoms with Crippen molar-refractivity contribution < 1.29 is 4.74 Å². The van der Waals surface area contributed by atoms with Crippen LogP contribution < -0.4 is 5.32 Å². The molecule has 5 heteroatoms. The van der Waals surface area contributed by atoms with Crippen LogP contribution in [0.4, 0.5) is 5.95 Å². The van der Waals surface area contributed by atoms with Crippen molar-refractivity contribution in [3.05, 3.63) is 41.5 Å². The molecule has 0 radical (unpaired) electrons. The zero-order valence-electron chi connectivity index (χ0n) is 12.4. The summed E-state index contributed by atoms with van der Waals surface area (Å²) < 4.78 is 7.20. The molecule has 0 fully saturated rings. The lowest BCUT2D eigenvalue weighted by Gasteiger charge is -2.10. The van der Waals surface area contributed by atoms with Gasteiger partial charge in [0.25, 0.3) is 0 Å². The molecule has 20 heavy (non-hydrogen) atoms. The Labute approximate surface area is 120 Å². The van der Waals surface area contributed by atoms with E-state index in [-0.39, 0.29) is 0 Å². The van der Waals surface area contributed by atoms with Crippen LogP contribution in [-0.2, 0) is 24.2 Å². The molecule has 1 N–H and O–H groups in total. The average Bonchev–Trinajstić information content (AvgIpc) is 2.83. The lowest BCUT2D eigenvalue weighted by Crippen LogP contribution is -2.11. The highest BCUT2D eigenvalue weighted by Gasteiger charge is 2.07. The molecule has 0 saturated carbocycles. The van der Waals surface area contributed by atoms with Crippen molar-refractivity contribution in [1.29, 1.82) is 0 Å². The van der Waals surface area contributed by atoms with Crippen molar-refractivity contribution in [2.45, 2.75) is 33.4 Å². The van der Waals surface area contributed by atoms with Gasteiger partial charge in [-0.3, -0.25) is 4.98 Å². The number of hydrogen-bond donors (Lipinski definition) is 1. The van der Waals surface area contributed by atoms with Crippen LogP contribution in [0.25, 0.3) is 0 Å². The monoisotopic (exact) mass is 274 g/mol. The van der Waals surface area contributed by atoms with E-state index in [4.69, 9.17) is 4.74 Å². The quantitative estimate of drug-likeness (QED) is 0.842. The highest BCUT2D eigenvalue weighted by atomic mass is 16.5. The van der Waals surface area contributed by atoms with E-state index < -0.39 is 0 Å². The Hall–Kier alpha value is -1.88. The van der Waals surface area contributed by atoms with Crippen LogP contribution in [0.1, 0.15) is 23.9 Å². The van der Waals surface area contributed by atoms with E-state index in [2.05, 4.69) is 32.8 Å². The fourth-order valence-corrected chi connectivity index (χ4v) is 2.16. The van der Waals surface area contributed by atoms with Gasteiger partial charge in [-0.1, -0.05) is 13.0 Å². The van der Waals surface area contributed by atoms with E-state index in [0.29, 0.717) is 13.2 Å². The van der Waals surface area contributed by atoms with Gasteiger partial charge >= 0.3 is 0 Å². The number of pyridine rings is 1. The van der Waals surface area contributed by atoms with E-state index >= 15 is 0 Å². The van der Waals surface area contributed by atoms with Crippen LogP contribution in [0.5, 0.6) is 0 Å². The molecule has 2 aromatic heterocycles. The molecule has 2 aromatic rings. The maximum Gasteiger partial charge on any atom is 0.203 e. The summed E-state index contributed by atoms with van der Waals surface area (Å²) in [5, 5.41) is 3.37. The summed E-state index contributed by atoms with van der Waals surface area (Å²) in [5.74, 6) is 0.868. The van der Waals surface area contributed by atoms with Gasteiger partial charge in [0.05, 0.1) is 24.5 Å². The molecule has 2 heterocycles. The first kappa shape index (κ1) is 14.5. The van der Waals surface area contributed by atoms with Crippen LogP contribution in [0.3, 0.4) is 0 Å². The Morgan fingerprint density at radius 2 is 2.25 bits per heavy atom. The highest BCUT2D eigenvalue weighted by Crippen LogP contribution is 2.12. The molecule has 108 valence electrons. The van der Waals surface area contributed by atoms with Crippen molar-refractivity contribution in [3.8, 4) is 0 Å². The molecule has 0 atom stereocenters. The number of methoxy groups -OCH3 is 1. The number of rotatable bonds is 7. The van der Waals surface area contributed by atoms with Crippen LogP contribution in [0.2, 0.25) is 0 Å². The van der Waals surface area contributed by atoms with Crippen LogP contribution in [-0.4, -0.2) is 28.3 Å². The lowest BCUT2D eigenvalue weighted by atomic mass is 10.1. The van der Waals surface area contributed by atoms with Gasteiger partial charge in [-0.05, 0) is 25.0 Å². The molecule has 0 aliphatic carbocycles. The number of ether oxygens (including phenoxy) is 1. The summed E-state index contributed by atoms with van der Waals surface area (Å²) in [6.45, 7) is 6.29. The summed E-state index contributed by atoms with van der Waals surface area (Å²) in [4.78, 5) is 8.94. The average molecular weight is 274 g/mol. The Kier molecular flexibility index (Phi) is 5.12. The first-order valence-electron chi connectivity index (χ1n) is 6.94. The lowest BCUT2D eigenvalue weighted by molar-refractivity contribution is 0.187. The largest absolute Gasteiger partial charge is 0.383 e. The maximum atomic E-state index is 5.12. The van der Waals surface area contributed by atoms with Gasteiger partial charge in [-0.15, -0.1) is 0 Å². The van der Waals surface area contributed by atoms with Gasteiger partial charge in [-0.2, -0.15) is 0 Å². The zero-order valence-corrected chi connectivity index (χ0v) is 12.4. The van der Waals surface area contributed by atoms with E-state index in [1.54, 1.807) is 7.11 Å². The smallest absolute Gasteiger partial charge is 0.203 e. The summed E-state index contributed by atoms with van der Waals surface area (Å²) >= 11 is 0. The van der Waals surface area contributed by atoms with E-state index in [1.165, 1.54) is 5.56 Å². The van der Waals surface area contributed by atoms with Crippen molar-refractivity contribution in [2.24, 2.45) is 0 Å². The SMILES string of the molecule is CCc1cccnc1CNc1nc(C)cn1CCOC. The third-order valence-corrected chi connectivity index (χ3v) is 3.21. The minimum Gasteiger partial charge on any atom is -0.383 e. The summed E-state index contributed by atoms with van der Waals surface area (Å²) in [6.07, 6.45) is 4.85. The normalized spacial score (nSPS) is 10.8. The molecule has 0 aliphatic heterocycles. The van der Waals surface area contributed by atoms with E-state index in [0.717, 1.165) is 30.3 Å². The predicted octanol–water partition coefficient (Wildman–Crippen LogP) is 2.41. The number of imidazole rings is 1. The van der Waals surface area contributed by atoms with Gasteiger partial charge < -0.3 is 14.6 Å². The molecule has 0 aromatic carbocycles. The van der Waals surface area contributed by atoms with Crippen molar-refractivity contribution in [1.82, 2.24) is 14.5 Å². The third-order valence-electron chi connectivity index (χ3n) is 3.21. The molecule has 0 amide bonds. The van der Waals surface area contributed by atoms with Crippen LogP contribution >= 0.6 is 0 Å². The minimum absolute atomic E-state index is 0.675. The first-order valence-corrected chi connectivity index (χ1v) is 6.94. The minimum atomic E-state index is 0.675. The number of aromatic nitrogens is 3. The molecule has 2 rings (SSSR count). The number of aryl methyl sites for hydroxylation is 2. The molecule has 0 spiro atoms. The summed E-state index contributed by atoms with van der Waals surface area (Å²) in [6, 6.07) is 4.10. The summed E-state index contributed by atoms with van der Waals surface area (Å²) in [7, 11) is 1.71. The van der Waals surface area contributed by atoms with E-state index in [1.807, 2.05) is 25.4 Å². The second-order valence-corrected chi connectivity index (χ2v) is 4.71. The molecular formula is C15H22N4O. The Morgan fingerprint density at radius 1 is 1.40 bits per heavy atom. The van der Waals surface area contributed by atoms with Gasteiger partial charge in [0.1, 0.15) is 0 Å². The van der Waals surface area contributed by atoms with Gasteiger partial charge in [0.15, 0.2) is 0 Å². The zero-order chi connectivity index (χ0) is 14.4.